The van der Waals surface area contributed by atoms with E-state index in [1.807, 2.05) is 55.4 Å². The molecular weight excluding hydrogens is 580 g/mol. The molecule has 0 aromatic heterocycles. The van der Waals surface area contributed by atoms with Crippen LogP contribution in [0.25, 0.3) is 0 Å². The van der Waals surface area contributed by atoms with Crippen LogP contribution in [0.3, 0.4) is 0 Å². The fourth-order valence-corrected chi connectivity index (χ4v) is 6.83. The molecule has 0 radical (unpaired) electrons. The number of benzene rings is 2. The summed E-state index contributed by atoms with van der Waals surface area (Å²) in [6.45, 7) is 16.2. The SMILES string of the molecule is Cc1c(C)c2c(c(C)c1O)CCC(C)(CCOC(=O)CCSCC(=O)OCCC1(C)CCc3c(C)c(O)c(C)c(C)c3O1)O2. The molecule has 44 heavy (non-hydrogen) atoms. The maximum atomic E-state index is 12.3. The predicted molar refractivity (Wildman–Crippen MR) is 172 cm³/mol. The summed E-state index contributed by atoms with van der Waals surface area (Å²) < 4.78 is 23.8. The molecule has 0 saturated heterocycles. The zero-order chi connectivity index (χ0) is 32.4. The normalized spacial score (nSPS) is 20.6. The third-order valence-corrected chi connectivity index (χ3v) is 10.6. The van der Waals surface area contributed by atoms with Crippen LogP contribution in [0.1, 0.15) is 90.5 Å². The minimum atomic E-state index is -0.451. The van der Waals surface area contributed by atoms with Gasteiger partial charge in [-0.05, 0) is 114 Å². The number of thioether (sulfide) groups is 1. The largest absolute Gasteiger partial charge is 0.507 e. The molecule has 0 saturated carbocycles. The van der Waals surface area contributed by atoms with E-state index in [1.165, 1.54) is 11.8 Å². The first kappa shape index (κ1) is 33.8. The Bertz CT molecular complexity index is 1330. The topological polar surface area (TPSA) is 112 Å². The number of aromatic hydroxyl groups is 2. The maximum absolute atomic E-state index is 12.3. The minimum Gasteiger partial charge on any atom is -0.507 e. The van der Waals surface area contributed by atoms with Crippen molar-refractivity contribution >= 4 is 23.7 Å². The van der Waals surface area contributed by atoms with Crippen LogP contribution >= 0.6 is 11.8 Å². The van der Waals surface area contributed by atoms with E-state index in [1.54, 1.807) is 0 Å². The summed E-state index contributed by atoms with van der Waals surface area (Å²) in [4.78, 5) is 24.6. The van der Waals surface area contributed by atoms with Crippen LogP contribution < -0.4 is 9.47 Å². The van der Waals surface area contributed by atoms with Gasteiger partial charge in [-0.15, -0.1) is 11.8 Å². The number of carbonyl (C=O) groups excluding carboxylic acids is 2. The van der Waals surface area contributed by atoms with Gasteiger partial charge in [0.05, 0.1) is 25.4 Å². The number of rotatable bonds is 11. The number of phenols is 2. The molecule has 2 heterocycles. The van der Waals surface area contributed by atoms with Crippen LogP contribution in [0.5, 0.6) is 23.0 Å². The molecule has 0 amide bonds. The lowest BCUT2D eigenvalue weighted by Crippen LogP contribution is -2.38. The average molecular weight is 629 g/mol. The number of hydrogen-bond donors (Lipinski definition) is 2. The zero-order valence-electron chi connectivity index (χ0n) is 27.5. The van der Waals surface area contributed by atoms with E-state index in [2.05, 4.69) is 0 Å². The standard InChI is InChI=1S/C35H48O8S/c1-20-22(3)32-26(24(5)30(20)38)9-12-34(7,42-32)14-16-40-28(36)11-18-44-19-29(37)41-17-15-35(8)13-10-27-25(6)31(39)21(2)23(4)33(27)43-35/h38-39H,9-19H2,1-8H3. The van der Waals surface area contributed by atoms with E-state index in [4.69, 9.17) is 18.9 Å². The molecule has 2 unspecified atom stereocenters. The minimum absolute atomic E-state index is 0.170. The Morgan fingerprint density at radius 3 is 1.59 bits per heavy atom. The fourth-order valence-electron chi connectivity index (χ4n) is 6.13. The second-order valence-corrected chi connectivity index (χ2v) is 14.0. The van der Waals surface area contributed by atoms with Crippen LogP contribution in [0.15, 0.2) is 0 Å². The highest BCUT2D eigenvalue weighted by molar-refractivity contribution is 7.99. The summed E-state index contributed by atoms with van der Waals surface area (Å²) >= 11 is 1.36. The van der Waals surface area contributed by atoms with Crippen molar-refractivity contribution in [3.63, 3.8) is 0 Å². The molecule has 0 aliphatic carbocycles. The lowest BCUT2D eigenvalue weighted by atomic mass is 9.86. The molecule has 2 aromatic rings. The number of ether oxygens (including phenoxy) is 4. The third-order valence-electron chi connectivity index (χ3n) is 9.64. The first-order chi connectivity index (χ1) is 20.7. The lowest BCUT2D eigenvalue weighted by molar-refractivity contribution is -0.144. The average Bonchev–Trinajstić information content (AvgIpc) is 2.98. The van der Waals surface area contributed by atoms with Crippen molar-refractivity contribution < 1.29 is 38.7 Å². The molecule has 9 heteroatoms. The number of fused-ring (bicyclic) bond motifs is 2. The highest BCUT2D eigenvalue weighted by Gasteiger charge is 2.36. The first-order valence-electron chi connectivity index (χ1n) is 15.6. The summed E-state index contributed by atoms with van der Waals surface area (Å²) in [5.74, 6) is 2.39. The zero-order valence-corrected chi connectivity index (χ0v) is 28.3. The van der Waals surface area contributed by atoms with Gasteiger partial charge in [0.1, 0.15) is 34.2 Å². The second kappa shape index (κ2) is 13.5. The van der Waals surface area contributed by atoms with Crippen molar-refractivity contribution in [1.82, 2.24) is 0 Å². The van der Waals surface area contributed by atoms with Crippen LogP contribution in [0, 0.1) is 41.5 Å². The Kier molecular flexibility index (Phi) is 10.4. The van der Waals surface area contributed by atoms with Gasteiger partial charge in [-0.1, -0.05) is 0 Å². The van der Waals surface area contributed by atoms with Gasteiger partial charge < -0.3 is 29.2 Å². The molecule has 0 spiro atoms. The van der Waals surface area contributed by atoms with E-state index in [0.717, 1.165) is 81.7 Å². The molecule has 4 rings (SSSR count). The lowest BCUT2D eigenvalue weighted by Gasteiger charge is -2.38. The first-order valence-corrected chi connectivity index (χ1v) is 16.7. The van der Waals surface area contributed by atoms with Crippen molar-refractivity contribution in [2.24, 2.45) is 0 Å². The van der Waals surface area contributed by atoms with Crippen molar-refractivity contribution in [2.75, 3.05) is 24.7 Å². The molecule has 242 valence electrons. The van der Waals surface area contributed by atoms with Crippen molar-refractivity contribution in [2.45, 2.75) is 112 Å². The summed E-state index contributed by atoms with van der Waals surface area (Å²) in [7, 11) is 0. The second-order valence-electron chi connectivity index (χ2n) is 12.9. The van der Waals surface area contributed by atoms with E-state index in [9.17, 15) is 19.8 Å². The monoisotopic (exact) mass is 628 g/mol. The Labute approximate surface area is 265 Å². The van der Waals surface area contributed by atoms with Crippen LogP contribution in [-0.4, -0.2) is 58.1 Å². The molecule has 2 N–H and O–H groups in total. The van der Waals surface area contributed by atoms with Gasteiger partial charge in [0.25, 0.3) is 0 Å². The number of hydrogen-bond acceptors (Lipinski definition) is 9. The third kappa shape index (κ3) is 7.24. The molecule has 8 nitrogen and oxygen atoms in total. The van der Waals surface area contributed by atoms with E-state index in [-0.39, 0.29) is 37.3 Å². The molecule has 0 fully saturated rings. The summed E-state index contributed by atoms with van der Waals surface area (Å²) in [6, 6.07) is 0. The smallest absolute Gasteiger partial charge is 0.315 e. The highest BCUT2D eigenvalue weighted by atomic mass is 32.2. The van der Waals surface area contributed by atoms with Gasteiger partial charge in [0.2, 0.25) is 0 Å². The Morgan fingerprint density at radius 1 is 0.705 bits per heavy atom. The summed E-state index contributed by atoms with van der Waals surface area (Å²) in [5, 5.41) is 20.8. The molecule has 2 aliphatic rings. The van der Waals surface area contributed by atoms with Gasteiger partial charge in [-0.2, -0.15) is 0 Å². The van der Waals surface area contributed by atoms with Crippen molar-refractivity contribution in [1.29, 1.82) is 0 Å². The summed E-state index contributed by atoms with van der Waals surface area (Å²) in [6.07, 6.45) is 4.52. The Morgan fingerprint density at radius 2 is 1.14 bits per heavy atom. The van der Waals surface area contributed by atoms with E-state index in [0.29, 0.717) is 30.1 Å². The van der Waals surface area contributed by atoms with Crippen LogP contribution in [0.2, 0.25) is 0 Å². The molecule has 0 bridgehead atoms. The van der Waals surface area contributed by atoms with Crippen LogP contribution in [0.4, 0.5) is 0 Å². The van der Waals surface area contributed by atoms with Gasteiger partial charge >= 0.3 is 11.9 Å². The molecule has 2 atom stereocenters. The number of esters is 2. The van der Waals surface area contributed by atoms with Crippen molar-refractivity contribution in [3.8, 4) is 23.0 Å². The Hall–Kier alpha value is -3.07. The van der Waals surface area contributed by atoms with Crippen LogP contribution in [-0.2, 0) is 31.9 Å². The Balaban J connectivity index is 1.12. The summed E-state index contributed by atoms with van der Waals surface area (Å²) in [5.41, 5.74) is 6.52. The van der Waals surface area contributed by atoms with Gasteiger partial charge in [0, 0.05) is 29.7 Å². The quantitative estimate of drug-likeness (QED) is 0.205. The number of phenolic OH excluding ortho intramolecular Hbond substituents is 2. The highest BCUT2D eigenvalue weighted by Crippen LogP contribution is 2.45. The molecule has 2 aromatic carbocycles. The van der Waals surface area contributed by atoms with E-state index >= 15 is 0 Å². The predicted octanol–water partition coefficient (Wildman–Crippen LogP) is 6.81. The van der Waals surface area contributed by atoms with E-state index < -0.39 is 11.2 Å². The maximum Gasteiger partial charge on any atom is 0.315 e. The van der Waals surface area contributed by atoms with Gasteiger partial charge in [-0.25, -0.2) is 0 Å². The molecule has 2 aliphatic heterocycles. The molecular formula is C35H48O8S. The van der Waals surface area contributed by atoms with Gasteiger partial charge in [-0.3, -0.25) is 9.59 Å². The van der Waals surface area contributed by atoms with Gasteiger partial charge in [0.15, 0.2) is 0 Å². The number of carbonyl (C=O) groups is 2. The van der Waals surface area contributed by atoms with Crippen molar-refractivity contribution in [3.05, 3.63) is 44.5 Å². The fraction of sp³-hybridized carbons (Fsp3) is 0.600.